The molecule has 31 heavy (non-hydrogen) atoms. The standard InChI is InChI=1S/C24H17N3O4/c25-27-19-3-1-2-4-21(19)30-22-11-14(5-8-20(22)27)26-17-9-6-15(28)12-23(17)31-24-13-16(29)7-10-18(24)26/h1-13,28-29H,25H2. The van der Waals surface area contributed by atoms with Crippen molar-refractivity contribution in [1.29, 1.82) is 0 Å². The lowest BCUT2D eigenvalue weighted by Crippen LogP contribution is -2.28. The van der Waals surface area contributed by atoms with Gasteiger partial charge in [0.15, 0.2) is 23.0 Å². The molecule has 2 heterocycles. The Balaban J connectivity index is 1.52. The summed E-state index contributed by atoms with van der Waals surface area (Å²) in [6.45, 7) is 0. The summed E-state index contributed by atoms with van der Waals surface area (Å²) in [5.41, 5.74) is 3.84. The van der Waals surface area contributed by atoms with Gasteiger partial charge in [0.2, 0.25) is 0 Å². The van der Waals surface area contributed by atoms with Gasteiger partial charge in [-0.15, -0.1) is 0 Å². The summed E-state index contributed by atoms with van der Waals surface area (Å²) in [7, 11) is 0. The third-order valence-corrected chi connectivity index (χ3v) is 5.39. The molecule has 4 aromatic rings. The predicted octanol–water partition coefficient (Wildman–Crippen LogP) is 5.79. The van der Waals surface area contributed by atoms with Crippen LogP contribution in [0.15, 0.2) is 78.9 Å². The molecule has 0 saturated heterocycles. The highest BCUT2D eigenvalue weighted by molar-refractivity contribution is 5.89. The maximum atomic E-state index is 9.94. The van der Waals surface area contributed by atoms with E-state index in [1.807, 2.05) is 47.4 Å². The van der Waals surface area contributed by atoms with Crippen LogP contribution in [0.2, 0.25) is 0 Å². The second-order valence-corrected chi connectivity index (χ2v) is 7.33. The minimum absolute atomic E-state index is 0.0893. The maximum Gasteiger partial charge on any atom is 0.155 e. The van der Waals surface area contributed by atoms with Gasteiger partial charge in [-0.05, 0) is 48.5 Å². The number of phenolic OH excluding ortho intramolecular Hbond substituents is 2. The van der Waals surface area contributed by atoms with Gasteiger partial charge >= 0.3 is 0 Å². The summed E-state index contributed by atoms with van der Waals surface area (Å²) in [4.78, 5) is 1.98. The Bertz CT molecular complexity index is 1300. The number of hydrogen-bond donors (Lipinski definition) is 3. The fraction of sp³-hybridized carbons (Fsp3) is 0. The molecule has 0 spiro atoms. The molecule has 0 radical (unpaired) electrons. The molecule has 6 rings (SSSR count). The van der Waals surface area contributed by atoms with Crippen molar-refractivity contribution in [2.75, 3.05) is 9.91 Å². The lowest BCUT2D eigenvalue weighted by atomic mass is 10.1. The first-order valence-corrected chi connectivity index (χ1v) is 9.68. The molecule has 7 heteroatoms. The predicted molar refractivity (Wildman–Crippen MR) is 117 cm³/mol. The number of anilines is 5. The van der Waals surface area contributed by atoms with Crippen LogP contribution in [0.5, 0.6) is 34.5 Å². The van der Waals surface area contributed by atoms with Gasteiger partial charge in [-0.3, -0.25) is 5.01 Å². The number of fused-ring (bicyclic) bond motifs is 4. The molecule has 4 N–H and O–H groups in total. The molecule has 0 atom stereocenters. The molecular formula is C24H17N3O4. The third kappa shape index (κ3) is 2.64. The highest BCUT2D eigenvalue weighted by atomic mass is 16.5. The van der Waals surface area contributed by atoms with Crippen LogP contribution in [0.25, 0.3) is 0 Å². The number of hydrogen-bond acceptors (Lipinski definition) is 7. The van der Waals surface area contributed by atoms with E-state index in [0.717, 1.165) is 28.4 Å². The van der Waals surface area contributed by atoms with Crippen LogP contribution in [0.4, 0.5) is 28.4 Å². The van der Waals surface area contributed by atoms with Crippen molar-refractivity contribution in [2.45, 2.75) is 0 Å². The summed E-state index contributed by atoms with van der Waals surface area (Å²) in [6.07, 6.45) is 0. The van der Waals surface area contributed by atoms with Crippen molar-refractivity contribution in [3.63, 3.8) is 0 Å². The van der Waals surface area contributed by atoms with Gasteiger partial charge in [-0.25, -0.2) is 5.84 Å². The SMILES string of the molecule is NN1c2ccccc2Oc2cc(N3c4ccc(O)cc4Oc4cc(O)ccc43)ccc21. The van der Waals surface area contributed by atoms with E-state index < -0.39 is 0 Å². The Kier molecular flexibility index (Phi) is 3.57. The third-order valence-electron chi connectivity index (χ3n) is 5.39. The first-order valence-electron chi connectivity index (χ1n) is 9.68. The number of benzene rings is 4. The van der Waals surface area contributed by atoms with Crippen molar-refractivity contribution >= 4 is 28.4 Å². The minimum atomic E-state index is 0.0893. The zero-order valence-corrected chi connectivity index (χ0v) is 16.2. The average molecular weight is 411 g/mol. The van der Waals surface area contributed by atoms with E-state index in [9.17, 15) is 10.2 Å². The first-order chi connectivity index (χ1) is 15.1. The van der Waals surface area contributed by atoms with Crippen molar-refractivity contribution < 1.29 is 19.7 Å². The average Bonchev–Trinajstić information content (AvgIpc) is 2.77. The Morgan fingerprint density at radius 2 is 1.13 bits per heavy atom. The van der Waals surface area contributed by atoms with Crippen LogP contribution < -0.4 is 25.2 Å². The molecular weight excluding hydrogens is 394 g/mol. The van der Waals surface area contributed by atoms with Gasteiger partial charge in [0.05, 0.1) is 17.1 Å². The lowest BCUT2D eigenvalue weighted by Gasteiger charge is -2.34. The van der Waals surface area contributed by atoms with Gasteiger partial charge in [-0.1, -0.05) is 12.1 Å². The van der Waals surface area contributed by atoms with Crippen LogP contribution in [-0.4, -0.2) is 10.2 Å². The zero-order valence-electron chi connectivity index (χ0n) is 16.2. The first kappa shape index (κ1) is 17.5. The van der Waals surface area contributed by atoms with Crippen LogP contribution in [-0.2, 0) is 0 Å². The van der Waals surface area contributed by atoms with Crippen LogP contribution in [0.3, 0.4) is 0 Å². The summed E-state index contributed by atoms with van der Waals surface area (Å²) in [5.74, 6) is 8.75. The molecule has 0 unspecified atom stereocenters. The fourth-order valence-electron chi connectivity index (χ4n) is 3.98. The topological polar surface area (TPSA) is 91.4 Å². The molecule has 2 aliphatic rings. The highest BCUT2D eigenvalue weighted by Gasteiger charge is 2.29. The molecule has 0 aliphatic carbocycles. The Morgan fingerprint density at radius 1 is 0.581 bits per heavy atom. The quantitative estimate of drug-likeness (QED) is 0.301. The van der Waals surface area contributed by atoms with Crippen molar-refractivity contribution in [1.82, 2.24) is 0 Å². The number of nitrogens with two attached hydrogens (primary N) is 1. The molecule has 7 nitrogen and oxygen atoms in total. The van der Waals surface area contributed by atoms with E-state index in [1.165, 1.54) is 0 Å². The number of aromatic hydroxyl groups is 2. The Labute approximate surface area is 177 Å². The van der Waals surface area contributed by atoms with Gasteiger partial charge in [0.25, 0.3) is 0 Å². The number of hydrazine groups is 1. The van der Waals surface area contributed by atoms with Crippen LogP contribution in [0, 0.1) is 0 Å². The van der Waals surface area contributed by atoms with E-state index in [0.29, 0.717) is 23.0 Å². The summed E-state index contributed by atoms with van der Waals surface area (Å²) >= 11 is 0. The minimum Gasteiger partial charge on any atom is -0.508 e. The normalized spacial score (nSPS) is 13.3. The van der Waals surface area contributed by atoms with Crippen molar-refractivity contribution in [2.24, 2.45) is 5.84 Å². The van der Waals surface area contributed by atoms with Gasteiger partial charge < -0.3 is 24.6 Å². The number of ether oxygens (including phenoxy) is 2. The van der Waals surface area contributed by atoms with Gasteiger partial charge in [0.1, 0.15) is 22.9 Å². The van der Waals surface area contributed by atoms with Crippen LogP contribution in [0.1, 0.15) is 0 Å². The summed E-state index contributed by atoms with van der Waals surface area (Å²) in [5, 5.41) is 21.5. The Hall–Kier alpha value is -4.36. The molecule has 0 amide bonds. The monoisotopic (exact) mass is 411 g/mol. The second kappa shape index (κ2) is 6.32. The van der Waals surface area contributed by atoms with E-state index in [-0.39, 0.29) is 11.5 Å². The molecule has 0 bridgehead atoms. The fourth-order valence-corrected chi connectivity index (χ4v) is 3.98. The zero-order chi connectivity index (χ0) is 21.1. The number of para-hydroxylation sites is 2. The smallest absolute Gasteiger partial charge is 0.155 e. The largest absolute Gasteiger partial charge is 0.508 e. The molecule has 152 valence electrons. The second-order valence-electron chi connectivity index (χ2n) is 7.33. The van der Waals surface area contributed by atoms with E-state index in [1.54, 1.807) is 41.4 Å². The highest BCUT2D eigenvalue weighted by Crippen LogP contribution is 2.54. The van der Waals surface area contributed by atoms with Crippen LogP contribution >= 0.6 is 0 Å². The molecule has 0 aromatic heterocycles. The van der Waals surface area contributed by atoms with Gasteiger partial charge in [-0.2, -0.15) is 0 Å². The van der Waals surface area contributed by atoms with E-state index in [2.05, 4.69) is 0 Å². The summed E-state index contributed by atoms with van der Waals surface area (Å²) < 4.78 is 12.1. The molecule has 0 saturated carbocycles. The molecule has 4 aromatic carbocycles. The van der Waals surface area contributed by atoms with E-state index in [4.69, 9.17) is 15.3 Å². The maximum absolute atomic E-state index is 9.94. The van der Waals surface area contributed by atoms with Gasteiger partial charge in [0, 0.05) is 18.2 Å². The van der Waals surface area contributed by atoms with Crippen molar-refractivity contribution in [3.05, 3.63) is 78.9 Å². The van der Waals surface area contributed by atoms with Crippen molar-refractivity contribution in [3.8, 4) is 34.5 Å². The number of phenols is 2. The molecule has 2 aliphatic heterocycles. The Morgan fingerprint density at radius 3 is 1.84 bits per heavy atom. The number of rotatable bonds is 1. The van der Waals surface area contributed by atoms with E-state index >= 15 is 0 Å². The summed E-state index contributed by atoms with van der Waals surface area (Å²) in [6, 6.07) is 23.2. The molecule has 0 fully saturated rings. The lowest BCUT2D eigenvalue weighted by molar-refractivity contribution is 0.443. The number of nitrogens with zero attached hydrogens (tertiary/aromatic N) is 2.